The Morgan fingerprint density at radius 1 is 1.11 bits per heavy atom. The molecule has 1 unspecified atom stereocenters. The van der Waals surface area contributed by atoms with Gasteiger partial charge in [-0.1, -0.05) is 24.1 Å². The fraction of sp³-hybridized carbons (Fsp3) is 0.571. The summed E-state index contributed by atoms with van der Waals surface area (Å²) in [6.45, 7) is 4.76. The molecule has 27 heavy (non-hydrogen) atoms. The first kappa shape index (κ1) is 18.5. The number of piperidine rings is 1. The van der Waals surface area contributed by atoms with Gasteiger partial charge in [-0.25, -0.2) is 0 Å². The second-order valence-electron chi connectivity index (χ2n) is 7.72. The molecule has 1 aromatic heterocycles. The highest BCUT2D eigenvalue weighted by molar-refractivity contribution is 8.00. The summed E-state index contributed by atoms with van der Waals surface area (Å²) in [6.07, 6.45) is 6.88. The molecule has 1 saturated heterocycles. The third kappa shape index (κ3) is 4.37. The topological polar surface area (TPSA) is 51.0 Å². The number of aromatic nitrogens is 3. The van der Waals surface area contributed by atoms with Crippen LogP contribution in [0, 0.1) is 6.92 Å². The summed E-state index contributed by atoms with van der Waals surface area (Å²) in [4.78, 5) is 16.0. The van der Waals surface area contributed by atoms with Gasteiger partial charge in [0.2, 0.25) is 5.91 Å². The number of thioether (sulfide) groups is 1. The third-order valence-corrected chi connectivity index (χ3v) is 6.66. The monoisotopic (exact) mass is 384 g/mol. The zero-order chi connectivity index (χ0) is 18.6. The molecule has 0 spiro atoms. The van der Waals surface area contributed by atoms with Crippen molar-refractivity contribution in [3.8, 4) is 0 Å². The molecule has 4 rings (SSSR count). The Balaban J connectivity index is 1.38. The first-order valence-corrected chi connectivity index (χ1v) is 11.1. The van der Waals surface area contributed by atoms with Crippen LogP contribution in [0.15, 0.2) is 29.2 Å². The van der Waals surface area contributed by atoms with Gasteiger partial charge in [0, 0.05) is 36.9 Å². The van der Waals surface area contributed by atoms with Crippen molar-refractivity contribution in [2.24, 2.45) is 0 Å². The van der Waals surface area contributed by atoms with E-state index >= 15 is 0 Å². The van der Waals surface area contributed by atoms with Gasteiger partial charge in [0.15, 0.2) is 0 Å². The van der Waals surface area contributed by atoms with Crippen LogP contribution in [-0.4, -0.2) is 44.4 Å². The summed E-state index contributed by atoms with van der Waals surface area (Å²) < 4.78 is 2.34. The predicted molar refractivity (Wildman–Crippen MR) is 108 cm³/mol. The minimum atomic E-state index is 0.237. The van der Waals surface area contributed by atoms with Crippen LogP contribution >= 0.6 is 11.8 Å². The van der Waals surface area contributed by atoms with Crippen molar-refractivity contribution >= 4 is 17.7 Å². The fourth-order valence-electron chi connectivity index (χ4n) is 4.09. The van der Waals surface area contributed by atoms with Crippen LogP contribution in [0.2, 0.25) is 0 Å². The molecule has 2 aliphatic rings. The first-order valence-electron chi connectivity index (χ1n) is 10.1. The van der Waals surface area contributed by atoms with E-state index in [1.165, 1.54) is 24.8 Å². The number of hydrogen-bond donors (Lipinski definition) is 0. The van der Waals surface area contributed by atoms with Gasteiger partial charge >= 0.3 is 0 Å². The van der Waals surface area contributed by atoms with Gasteiger partial charge < -0.3 is 9.47 Å². The number of amides is 1. The molecule has 5 nitrogen and oxygen atoms in total. The van der Waals surface area contributed by atoms with Gasteiger partial charge in [0.1, 0.15) is 11.6 Å². The maximum Gasteiger partial charge on any atom is 0.232 e. The normalized spacial score (nSPS) is 20.2. The number of rotatable bonds is 4. The Morgan fingerprint density at radius 2 is 1.96 bits per heavy atom. The van der Waals surface area contributed by atoms with Crippen molar-refractivity contribution in [3.63, 3.8) is 0 Å². The fourth-order valence-corrected chi connectivity index (χ4v) is 4.90. The second-order valence-corrected chi connectivity index (χ2v) is 8.77. The van der Waals surface area contributed by atoms with E-state index in [4.69, 9.17) is 0 Å². The van der Waals surface area contributed by atoms with Crippen molar-refractivity contribution in [2.75, 3.05) is 18.8 Å². The van der Waals surface area contributed by atoms with E-state index in [1.807, 2.05) is 4.90 Å². The molecular formula is C21H28N4OS. The van der Waals surface area contributed by atoms with Crippen molar-refractivity contribution < 1.29 is 4.79 Å². The molecule has 0 saturated carbocycles. The van der Waals surface area contributed by atoms with Crippen molar-refractivity contribution in [1.82, 2.24) is 19.7 Å². The second kappa shape index (κ2) is 8.46. The van der Waals surface area contributed by atoms with E-state index in [9.17, 15) is 4.79 Å². The van der Waals surface area contributed by atoms with Crippen LogP contribution in [0.5, 0.6) is 0 Å². The van der Waals surface area contributed by atoms with Crippen molar-refractivity contribution in [2.45, 2.75) is 62.8 Å². The van der Waals surface area contributed by atoms with Crippen LogP contribution in [0.3, 0.4) is 0 Å². The molecule has 0 bridgehead atoms. The lowest BCUT2D eigenvalue weighted by Gasteiger charge is -2.32. The van der Waals surface area contributed by atoms with Crippen LogP contribution in [0.1, 0.15) is 55.2 Å². The maximum atomic E-state index is 12.8. The zero-order valence-electron chi connectivity index (χ0n) is 16.1. The minimum absolute atomic E-state index is 0.237. The summed E-state index contributed by atoms with van der Waals surface area (Å²) in [6, 6.07) is 8.39. The molecule has 0 aliphatic carbocycles. The first-order chi connectivity index (χ1) is 13.2. The molecule has 1 amide bonds. The third-order valence-electron chi connectivity index (χ3n) is 5.66. The van der Waals surface area contributed by atoms with E-state index in [0.29, 0.717) is 11.7 Å². The number of carbonyl (C=O) groups excluding carboxylic acids is 1. The largest absolute Gasteiger partial charge is 0.341 e. The van der Waals surface area contributed by atoms with Gasteiger partial charge in [0.05, 0.1) is 5.75 Å². The summed E-state index contributed by atoms with van der Waals surface area (Å²) in [5, 5.41) is 8.98. The lowest BCUT2D eigenvalue weighted by atomic mass is 9.97. The molecular weight excluding hydrogens is 356 g/mol. The smallest absolute Gasteiger partial charge is 0.232 e. The van der Waals surface area contributed by atoms with Gasteiger partial charge in [-0.05, 0) is 44.7 Å². The lowest BCUT2D eigenvalue weighted by molar-refractivity contribution is -0.129. The highest BCUT2D eigenvalue weighted by atomic mass is 32.2. The average molecular weight is 385 g/mol. The van der Waals surface area contributed by atoms with E-state index in [1.54, 1.807) is 11.8 Å². The van der Waals surface area contributed by atoms with Gasteiger partial charge in [0.25, 0.3) is 0 Å². The summed E-state index contributed by atoms with van der Waals surface area (Å²) in [5.41, 5.74) is 1.25. The number of likely N-dealkylation sites (tertiary alicyclic amines) is 1. The number of aryl methyl sites for hydroxylation is 2. The maximum absolute atomic E-state index is 12.8. The van der Waals surface area contributed by atoms with E-state index in [2.05, 4.69) is 46.0 Å². The van der Waals surface area contributed by atoms with Crippen LogP contribution in [0.4, 0.5) is 0 Å². The SMILES string of the molecule is Cc1ccc(SCC(=O)N2CCCC(c3nnc4n3CCCCC4)C2)cc1. The Bertz CT molecular complexity index is 786. The number of hydrogen-bond acceptors (Lipinski definition) is 4. The molecule has 6 heteroatoms. The highest BCUT2D eigenvalue weighted by Crippen LogP contribution is 2.29. The molecule has 0 N–H and O–H groups in total. The summed E-state index contributed by atoms with van der Waals surface area (Å²) >= 11 is 1.63. The number of benzene rings is 1. The van der Waals surface area contributed by atoms with Crippen molar-refractivity contribution in [3.05, 3.63) is 41.5 Å². The lowest BCUT2D eigenvalue weighted by Crippen LogP contribution is -2.40. The Labute approximate surface area is 165 Å². The molecule has 1 fully saturated rings. The van der Waals surface area contributed by atoms with Crippen molar-refractivity contribution in [1.29, 1.82) is 0 Å². The van der Waals surface area contributed by atoms with Crippen LogP contribution < -0.4 is 0 Å². The molecule has 0 radical (unpaired) electrons. The standard InChI is InChI=1S/C21H28N4OS/c1-16-8-10-18(11-9-16)27-15-20(26)24-12-5-6-17(14-24)21-23-22-19-7-3-2-4-13-25(19)21/h8-11,17H,2-7,12-15H2,1H3. The van der Waals surface area contributed by atoms with Gasteiger partial charge in [-0.2, -0.15) is 0 Å². The average Bonchev–Trinajstić information content (AvgIpc) is 2.96. The Kier molecular flexibility index (Phi) is 5.81. The van der Waals surface area contributed by atoms with Gasteiger partial charge in [-0.3, -0.25) is 4.79 Å². The Hall–Kier alpha value is -1.82. The predicted octanol–water partition coefficient (Wildman–Crippen LogP) is 3.81. The molecule has 3 heterocycles. The zero-order valence-corrected chi connectivity index (χ0v) is 16.9. The minimum Gasteiger partial charge on any atom is -0.341 e. The summed E-state index contributed by atoms with van der Waals surface area (Å²) in [5.74, 6) is 3.32. The van der Waals surface area contributed by atoms with E-state index < -0.39 is 0 Å². The summed E-state index contributed by atoms with van der Waals surface area (Å²) in [7, 11) is 0. The van der Waals surface area contributed by atoms with E-state index in [-0.39, 0.29) is 5.91 Å². The van der Waals surface area contributed by atoms with Crippen LogP contribution in [-0.2, 0) is 17.8 Å². The molecule has 144 valence electrons. The molecule has 1 aromatic carbocycles. The number of carbonyl (C=O) groups is 1. The van der Waals surface area contributed by atoms with Gasteiger partial charge in [-0.15, -0.1) is 22.0 Å². The molecule has 2 aromatic rings. The molecule has 1 atom stereocenters. The Morgan fingerprint density at radius 3 is 2.81 bits per heavy atom. The molecule has 2 aliphatic heterocycles. The number of fused-ring (bicyclic) bond motifs is 1. The highest BCUT2D eigenvalue weighted by Gasteiger charge is 2.29. The quantitative estimate of drug-likeness (QED) is 0.752. The van der Waals surface area contributed by atoms with Crippen LogP contribution in [0.25, 0.3) is 0 Å². The van der Waals surface area contributed by atoms with E-state index in [0.717, 1.165) is 55.4 Å². The number of nitrogens with zero attached hydrogens (tertiary/aromatic N) is 4.